The van der Waals surface area contributed by atoms with Gasteiger partial charge in [-0.25, -0.2) is 9.18 Å². The van der Waals surface area contributed by atoms with E-state index in [2.05, 4.69) is 4.90 Å². The van der Waals surface area contributed by atoms with Crippen molar-refractivity contribution >= 4 is 5.97 Å². The minimum absolute atomic E-state index is 0.0264. The molecule has 0 amide bonds. The van der Waals surface area contributed by atoms with Crippen LogP contribution in [0.3, 0.4) is 0 Å². The fraction of sp³-hybridized carbons (Fsp3) is 0.500. The zero-order valence-electron chi connectivity index (χ0n) is 11.1. The van der Waals surface area contributed by atoms with Crippen molar-refractivity contribution in [3.63, 3.8) is 0 Å². The first kappa shape index (κ1) is 14.0. The van der Waals surface area contributed by atoms with Crippen LogP contribution in [0.4, 0.5) is 4.39 Å². The molecule has 2 atom stereocenters. The number of carboxylic acids is 1. The van der Waals surface area contributed by atoms with E-state index in [-0.39, 0.29) is 17.7 Å². The number of likely N-dealkylation sites (N-methyl/N-ethyl adjacent to an activating group) is 1. The highest BCUT2D eigenvalue weighted by Crippen LogP contribution is 2.21. The largest absolute Gasteiger partial charge is 0.478 e. The fourth-order valence-electron chi connectivity index (χ4n) is 2.49. The smallest absolute Gasteiger partial charge is 0.335 e. The molecule has 1 N–H and O–H groups in total. The van der Waals surface area contributed by atoms with Gasteiger partial charge in [0.1, 0.15) is 5.82 Å². The molecule has 1 fully saturated rings. The van der Waals surface area contributed by atoms with Crippen LogP contribution < -0.4 is 0 Å². The fourth-order valence-corrected chi connectivity index (χ4v) is 2.49. The second-order valence-corrected chi connectivity index (χ2v) is 4.96. The van der Waals surface area contributed by atoms with Gasteiger partial charge >= 0.3 is 5.97 Å². The molecular weight excluding hydrogens is 249 g/mol. The van der Waals surface area contributed by atoms with Crippen molar-refractivity contribution in [3.8, 4) is 0 Å². The van der Waals surface area contributed by atoms with Crippen LogP contribution in [0.2, 0.25) is 0 Å². The summed E-state index contributed by atoms with van der Waals surface area (Å²) in [4.78, 5) is 12.8. The third kappa shape index (κ3) is 3.11. The molecule has 0 radical (unpaired) electrons. The molecule has 1 aliphatic rings. The SMILES string of the molecule is CC1OCCC1N(C)Cc1ccc(C(=O)O)cc1F. The van der Waals surface area contributed by atoms with Crippen LogP contribution in [0.1, 0.15) is 29.3 Å². The maximum absolute atomic E-state index is 13.8. The van der Waals surface area contributed by atoms with Crippen LogP contribution in [0.25, 0.3) is 0 Å². The number of halogens is 1. The Hall–Kier alpha value is -1.46. The Morgan fingerprint density at radius 2 is 2.32 bits per heavy atom. The molecule has 19 heavy (non-hydrogen) atoms. The molecule has 1 heterocycles. The molecule has 0 saturated carbocycles. The first-order valence-electron chi connectivity index (χ1n) is 6.32. The van der Waals surface area contributed by atoms with Gasteiger partial charge in [-0.15, -0.1) is 0 Å². The summed E-state index contributed by atoms with van der Waals surface area (Å²) in [6, 6.07) is 4.32. The molecule has 104 valence electrons. The lowest BCUT2D eigenvalue weighted by atomic mass is 10.1. The molecule has 0 aliphatic carbocycles. The molecule has 0 bridgehead atoms. The lowest BCUT2D eigenvalue weighted by Gasteiger charge is -2.26. The van der Waals surface area contributed by atoms with Crippen molar-refractivity contribution < 1.29 is 19.0 Å². The Labute approximate surface area is 111 Å². The van der Waals surface area contributed by atoms with Gasteiger partial charge in [0.15, 0.2) is 0 Å². The summed E-state index contributed by atoms with van der Waals surface area (Å²) in [6.07, 6.45) is 1.08. The summed E-state index contributed by atoms with van der Waals surface area (Å²) in [5.74, 6) is -1.59. The van der Waals surface area contributed by atoms with E-state index in [9.17, 15) is 9.18 Å². The second kappa shape index (κ2) is 5.67. The number of hydrogen-bond donors (Lipinski definition) is 1. The van der Waals surface area contributed by atoms with E-state index in [0.29, 0.717) is 12.1 Å². The quantitative estimate of drug-likeness (QED) is 0.908. The number of carboxylic acid groups (broad SMARTS) is 1. The number of hydrogen-bond acceptors (Lipinski definition) is 3. The minimum Gasteiger partial charge on any atom is -0.478 e. The van der Waals surface area contributed by atoms with Crippen molar-refractivity contribution in [2.75, 3.05) is 13.7 Å². The highest BCUT2D eigenvalue weighted by atomic mass is 19.1. The van der Waals surface area contributed by atoms with E-state index >= 15 is 0 Å². The zero-order valence-corrected chi connectivity index (χ0v) is 11.1. The summed E-state index contributed by atoms with van der Waals surface area (Å²) >= 11 is 0. The van der Waals surface area contributed by atoms with Crippen LogP contribution in [-0.4, -0.2) is 41.8 Å². The maximum atomic E-state index is 13.8. The number of rotatable bonds is 4. The van der Waals surface area contributed by atoms with Gasteiger partial charge in [-0.2, -0.15) is 0 Å². The van der Waals surface area contributed by atoms with Crippen molar-refractivity contribution in [2.24, 2.45) is 0 Å². The molecule has 2 unspecified atom stereocenters. The Morgan fingerprint density at radius 3 is 2.84 bits per heavy atom. The van der Waals surface area contributed by atoms with Gasteiger partial charge in [0.25, 0.3) is 0 Å². The van der Waals surface area contributed by atoms with Crippen LogP contribution >= 0.6 is 0 Å². The van der Waals surface area contributed by atoms with Gasteiger partial charge in [0, 0.05) is 24.8 Å². The highest BCUT2D eigenvalue weighted by Gasteiger charge is 2.28. The van der Waals surface area contributed by atoms with Crippen LogP contribution in [0, 0.1) is 5.82 Å². The van der Waals surface area contributed by atoms with E-state index in [1.165, 1.54) is 12.1 Å². The number of carbonyl (C=O) groups is 1. The molecule has 0 spiro atoms. The molecule has 5 heteroatoms. The predicted molar refractivity (Wildman–Crippen MR) is 68.6 cm³/mol. The van der Waals surface area contributed by atoms with Gasteiger partial charge in [0.05, 0.1) is 11.7 Å². The van der Waals surface area contributed by atoms with Crippen LogP contribution in [0.15, 0.2) is 18.2 Å². The summed E-state index contributed by atoms with van der Waals surface area (Å²) in [7, 11) is 1.93. The third-order valence-electron chi connectivity index (χ3n) is 3.62. The first-order valence-corrected chi connectivity index (χ1v) is 6.32. The first-order chi connectivity index (χ1) is 8.99. The van der Waals surface area contributed by atoms with Crippen molar-refractivity contribution in [3.05, 3.63) is 35.1 Å². The maximum Gasteiger partial charge on any atom is 0.335 e. The number of nitrogens with zero attached hydrogens (tertiary/aromatic N) is 1. The molecule has 1 aromatic carbocycles. The molecule has 0 aromatic heterocycles. The van der Waals surface area contributed by atoms with Crippen LogP contribution in [0.5, 0.6) is 0 Å². The number of aromatic carboxylic acids is 1. The monoisotopic (exact) mass is 267 g/mol. The summed E-state index contributed by atoms with van der Waals surface area (Å²) in [5, 5.41) is 8.80. The van der Waals surface area contributed by atoms with E-state index in [1.54, 1.807) is 0 Å². The Kier molecular flexibility index (Phi) is 4.17. The van der Waals surface area contributed by atoms with E-state index in [4.69, 9.17) is 9.84 Å². The van der Waals surface area contributed by atoms with Gasteiger partial charge in [0.2, 0.25) is 0 Å². The number of benzene rings is 1. The zero-order chi connectivity index (χ0) is 14.0. The predicted octanol–water partition coefficient (Wildman–Crippen LogP) is 2.13. The molecule has 2 rings (SSSR count). The molecule has 1 aromatic rings. The summed E-state index contributed by atoms with van der Waals surface area (Å²) in [5.41, 5.74) is 0.480. The average Bonchev–Trinajstić information content (AvgIpc) is 2.77. The van der Waals surface area contributed by atoms with E-state index in [0.717, 1.165) is 19.1 Å². The average molecular weight is 267 g/mol. The third-order valence-corrected chi connectivity index (χ3v) is 3.62. The highest BCUT2D eigenvalue weighted by molar-refractivity contribution is 5.87. The van der Waals surface area contributed by atoms with Gasteiger partial charge in [-0.05, 0) is 32.5 Å². The Bertz CT molecular complexity index is 478. The summed E-state index contributed by atoms with van der Waals surface area (Å²) in [6.45, 7) is 3.19. The normalized spacial score (nSPS) is 22.9. The number of ether oxygens (including phenoxy) is 1. The van der Waals surface area contributed by atoms with E-state index < -0.39 is 11.8 Å². The van der Waals surface area contributed by atoms with Gasteiger partial charge in [-0.1, -0.05) is 6.07 Å². The Morgan fingerprint density at radius 1 is 1.58 bits per heavy atom. The van der Waals surface area contributed by atoms with Gasteiger partial charge < -0.3 is 9.84 Å². The van der Waals surface area contributed by atoms with E-state index in [1.807, 2.05) is 14.0 Å². The minimum atomic E-state index is -1.11. The molecule has 1 saturated heterocycles. The molecular formula is C14H18FNO3. The van der Waals surface area contributed by atoms with Crippen LogP contribution in [-0.2, 0) is 11.3 Å². The lowest BCUT2D eigenvalue weighted by Crippen LogP contribution is -2.36. The van der Waals surface area contributed by atoms with Gasteiger partial charge in [-0.3, -0.25) is 4.90 Å². The second-order valence-electron chi connectivity index (χ2n) is 4.96. The van der Waals surface area contributed by atoms with Crippen molar-refractivity contribution in [2.45, 2.75) is 32.0 Å². The van der Waals surface area contributed by atoms with Crippen molar-refractivity contribution in [1.82, 2.24) is 4.90 Å². The van der Waals surface area contributed by atoms with Crippen molar-refractivity contribution in [1.29, 1.82) is 0 Å². The Balaban J connectivity index is 2.08. The summed E-state index contributed by atoms with van der Waals surface area (Å²) < 4.78 is 19.3. The topological polar surface area (TPSA) is 49.8 Å². The lowest BCUT2D eigenvalue weighted by molar-refractivity contribution is 0.0696. The molecule has 1 aliphatic heterocycles. The molecule has 4 nitrogen and oxygen atoms in total. The standard InChI is InChI=1S/C14H18FNO3/c1-9-13(5-6-19-9)16(2)8-11-4-3-10(14(17)18)7-12(11)15/h3-4,7,9,13H,5-6,8H2,1-2H3,(H,17,18).